The number of carbonyl (C=O) groups excluding carboxylic acids is 2. The molecule has 0 spiro atoms. The smallest absolute Gasteiger partial charge is 0.352 e. The highest BCUT2D eigenvalue weighted by Crippen LogP contribution is 2.32. The van der Waals surface area contributed by atoms with Gasteiger partial charge in [-0.3, -0.25) is 13.9 Å². The Balaban J connectivity index is 1.93. The summed E-state index contributed by atoms with van der Waals surface area (Å²) in [6.45, 7) is 1.04. The second-order valence-electron chi connectivity index (χ2n) is 9.24. The molecular weight excluding hydrogens is 507 g/mol. The monoisotopic (exact) mass is 539 g/mol. The molecule has 0 bridgehead atoms. The van der Waals surface area contributed by atoms with Gasteiger partial charge >= 0.3 is 6.18 Å². The van der Waals surface area contributed by atoms with Crippen LogP contribution in [0.4, 0.5) is 18.9 Å². The number of halogens is 3. The number of sulfonamides is 1. The van der Waals surface area contributed by atoms with Crippen molar-refractivity contribution in [1.29, 1.82) is 0 Å². The molecule has 1 saturated carbocycles. The summed E-state index contributed by atoms with van der Waals surface area (Å²) in [6.07, 6.45) is 0.141. The van der Waals surface area contributed by atoms with Crippen LogP contribution in [-0.4, -0.2) is 50.0 Å². The summed E-state index contributed by atoms with van der Waals surface area (Å²) in [5.41, 5.74) is -0.587. The van der Waals surface area contributed by atoms with Crippen LogP contribution in [0, 0.1) is 0 Å². The van der Waals surface area contributed by atoms with Crippen molar-refractivity contribution in [3.63, 3.8) is 0 Å². The Morgan fingerprint density at radius 2 is 1.70 bits per heavy atom. The van der Waals surface area contributed by atoms with E-state index in [1.165, 1.54) is 11.0 Å². The predicted octanol–water partition coefficient (Wildman–Crippen LogP) is 4.34. The number of carbonyl (C=O) groups is 2. The summed E-state index contributed by atoms with van der Waals surface area (Å²) in [5.74, 6) is -1.02. The molecule has 202 valence electrons. The van der Waals surface area contributed by atoms with Crippen molar-refractivity contribution in [1.82, 2.24) is 10.2 Å². The second-order valence-corrected chi connectivity index (χ2v) is 11.1. The molecule has 11 heteroatoms. The van der Waals surface area contributed by atoms with E-state index >= 15 is 0 Å². The fourth-order valence-corrected chi connectivity index (χ4v) is 5.36. The van der Waals surface area contributed by atoms with E-state index in [1.54, 1.807) is 37.3 Å². The lowest BCUT2D eigenvalue weighted by Gasteiger charge is -2.33. The fraction of sp³-hybridized carbons (Fsp3) is 0.462. The summed E-state index contributed by atoms with van der Waals surface area (Å²) in [4.78, 5) is 28.1. The second kappa shape index (κ2) is 12.0. The van der Waals surface area contributed by atoms with Gasteiger partial charge in [0.15, 0.2) is 0 Å². The van der Waals surface area contributed by atoms with Crippen LogP contribution in [-0.2, 0) is 32.3 Å². The van der Waals surface area contributed by atoms with E-state index in [9.17, 15) is 31.2 Å². The quantitative estimate of drug-likeness (QED) is 0.487. The number of nitrogens with one attached hydrogen (secondary N) is 1. The zero-order valence-corrected chi connectivity index (χ0v) is 21.7. The number of benzene rings is 2. The van der Waals surface area contributed by atoms with Crippen molar-refractivity contribution in [3.05, 3.63) is 65.7 Å². The standard InChI is InChI=1S/C26H32F3N3O4S/c1-3-23(25(34)30-21-13-7-8-14-21)31(17-19-10-5-4-6-11-19)24(33)18-32(37(2,35)36)22-15-9-12-20(16-22)26(27,28)29/h4-6,9-12,15-16,21,23H,3,7-8,13-14,17-18H2,1-2H3,(H,30,34). The lowest BCUT2D eigenvalue weighted by atomic mass is 10.1. The number of rotatable bonds is 10. The zero-order valence-electron chi connectivity index (χ0n) is 20.9. The number of hydrogen-bond acceptors (Lipinski definition) is 4. The van der Waals surface area contributed by atoms with Crippen LogP contribution < -0.4 is 9.62 Å². The number of amides is 2. The summed E-state index contributed by atoms with van der Waals surface area (Å²) in [5, 5.41) is 3.00. The molecular formula is C26H32F3N3O4S. The van der Waals surface area contributed by atoms with Gasteiger partial charge in [0.25, 0.3) is 0 Å². The van der Waals surface area contributed by atoms with Crippen molar-refractivity contribution in [3.8, 4) is 0 Å². The molecule has 2 amide bonds. The van der Waals surface area contributed by atoms with Crippen LogP contribution in [0.5, 0.6) is 0 Å². The third kappa shape index (κ3) is 7.70. The first-order chi connectivity index (χ1) is 17.4. The maximum atomic E-state index is 13.6. The summed E-state index contributed by atoms with van der Waals surface area (Å²) in [7, 11) is -4.14. The van der Waals surface area contributed by atoms with E-state index in [2.05, 4.69) is 5.32 Å². The molecule has 7 nitrogen and oxygen atoms in total. The molecule has 1 unspecified atom stereocenters. The van der Waals surface area contributed by atoms with E-state index in [0.717, 1.165) is 49.6 Å². The van der Waals surface area contributed by atoms with Crippen molar-refractivity contribution < 1.29 is 31.2 Å². The first-order valence-corrected chi connectivity index (χ1v) is 14.0. The van der Waals surface area contributed by atoms with E-state index in [0.29, 0.717) is 10.4 Å². The lowest BCUT2D eigenvalue weighted by molar-refractivity contribution is -0.140. The van der Waals surface area contributed by atoms with Crippen molar-refractivity contribution >= 4 is 27.5 Å². The summed E-state index contributed by atoms with van der Waals surface area (Å²) >= 11 is 0. The average Bonchev–Trinajstić information content (AvgIpc) is 3.34. The third-order valence-electron chi connectivity index (χ3n) is 6.42. The maximum Gasteiger partial charge on any atom is 0.416 e. The van der Waals surface area contributed by atoms with Gasteiger partial charge in [0.05, 0.1) is 17.5 Å². The highest BCUT2D eigenvalue weighted by Gasteiger charge is 2.35. The average molecular weight is 540 g/mol. The Kier molecular flexibility index (Phi) is 9.22. The van der Waals surface area contributed by atoms with Gasteiger partial charge in [-0.2, -0.15) is 13.2 Å². The molecule has 0 aliphatic heterocycles. The molecule has 0 aromatic heterocycles. The molecule has 37 heavy (non-hydrogen) atoms. The Morgan fingerprint density at radius 3 is 2.27 bits per heavy atom. The van der Waals surface area contributed by atoms with Gasteiger partial charge in [-0.15, -0.1) is 0 Å². The Labute approximate surface area is 215 Å². The van der Waals surface area contributed by atoms with Crippen LogP contribution in [0.25, 0.3) is 0 Å². The molecule has 2 aromatic carbocycles. The van der Waals surface area contributed by atoms with Gasteiger partial charge in [0.2, 0.25) is 21.8 Å². The maximum absolute atomic E-state index is 13.6. The molecule has 1 aliphatic carbocycles. The van der Waals surface area contributed by atoms with Crippen LogP contribution in [0.2, 0.25) is 0 Å². The SMILES string of the molecule is CCC(C(=O)NC1CCCC1)N(Cc1ccccc1)C(=O)CN(c1cccc(C(F)(F)F)c1)S(C)(=O)=O. The first kappa shape index (κ1) is 28.5. The first-order valence-electron chi connectivity index (χ1n) is 12.2. The van der Waals surface area contributed by atoms with Gasteiger partial charge < -0.3 is 10.2 Å². The molecule has 1 N–H and O–H groups in total. The number of nitrogens with zero attached hydrogens (tertiary/aromatic N) is 2. The number of alkyl halides is 3. The summed E-state index contributed by atoms with van der Waals surface area (Å²) < 4.78 is 65.7. The highest BCUT2D eigenvalue weighted by atomic mass is 32.2. The third-order valence-corrected chi connectivity index (χ3v) is 7.56. The van der Waals surface area contributed by atoms with E-state index in [1.807, 2.05) is 0 Å². The molecule has 1 atom stereocenters. The molecule has 0 heterocycles. The Morgan fingerprint density at radius 1 is 1.05 bits per heavy atom. The minimum Gasteiger partial charge on any atom is -0.352 e. The number of anilines is 1. The van der Waals surface area contributed by atoms with Gasteiger partial charge in [0, 0.05) is 12.6 Å². The van der Waals surface area contributed by atoms with Crippen molar-refractivity contribution in [2.75, 3.05) is 17.1 Å². The predicted molar refractivity (Wildman–Crippen MR) is 135 cm³/mol. The van der Waals surface area contributed by atoms with Gasteiger partial charge in [0.1, 0.15) is 12.6 Å². The molecule has 0 radical (unpaired) electrons. The van der Waals surface area contributed by atoms with Gasteiger partial charge in [-0.05, 0) is 43.0 Å². The lowest BCUT2D eigenvalue weighted by Crippen LogP contribution is -2.53. The zero-order chi connectivity index (χ0) is 27.2. The minimum absolute atomic E-state index is 0.0212. The van der Waals surface area contributed by atoms with Crippen LogP contribution in [0.15, 0.2) is 54.6 Å². The Bertz CT molecular complexity index is 1180. The van der Waals surface area contributed by atoms with Crippen molar-refractivity contribution in [2.24, 2.45) is 0 Å². The molecule has 2 aromatic rings. The largest absolute Gasteiger partial charge is 0.416 e. The van der Waals surface area contributed by atoms with Gasteiger partial charge in [-0.25, -0.2) is 8.42 Å². The van der Waals surface area contributed by atoms with Crippen LogP contribution in [0.1, 0.15) is 50.2 Å². The van der Waals surface area contributed by atoms with Crippen LogP contribution >= 0.6 is 0 Å². The Hall–Kier alpha value is -3.08. The molecule has 3 rings (SSSR count). The van der Waals surface area contributed by atoms with E-state index < -0.39 is 40.3 Å². The van der Waals surface area contributed by atoms with E-state index in [-0.39, 0.29) is 30.6 Å². The molecule has 1 aliphatic rings. The fourth-order valence-electron chi connectivity index (χ4n) is 4.52. The highest BCUT2D eigenvalue weighted by molar-refractivity contribution is 7.92. The topological polar surface area (TPSA) is 86.8 Å². The summed E-state index contributed by atoms with van der Waals surface area (Å²) in [6, 6.07) is 11.9. The molecule has 1 fully saturated rings. The van der Waals surface area contributed by atoms with Crippen molar-refractivity contribution in [2.45, 2.75) is 63.8 Å². The normalized spacial score (nSPS) is 15.3. The number of hydrogen-bond donors (Lipinski definition) is 1. The van der Waals surface area contributed by atoms with E-state index in [4.69, 9.17) is 0 Å². The van der Waals surface area contributed by atoms with Crippen LogP contribution in [0.3, 0.4) is 0 Å². The minimum atomic E-state index is -4.69. The van der Waals surface area contributed by atoms with Gasteiger partial charge in [-0.1, -0.05) is 56.2 Å². The molecule has 0 saturated heterocycles.